The summed E-state index contributed by atoms with van der Waals surface area (Å²) in [6.45, 7) is 2.59. The molecule has 4 nitrogen and oxygen atoms in total. The van der Waals surface area contributed by atoms with Crippen molar-refractivity contribution < 1.29 is 22.8 Å². The summed E-state index contributed by atoms with van der Waals surface area (Å²) in [4.78, 5) is 26.9. The normalized spacial score (nSPS) is 16.2. The highest BCUT2D eigenvalue weighted by Gasteiger charge is 2.31. The summed E-state index contributed by atoms with van der Waals surface area (Å²) in [6.07, 6.45) is -3.39. The van der Waals surface area contributed by atoms with Crippen molar-refractivity contribution >= 4 is 27.7 Å². The second-order valence-electron chi connectivity index (χ2n) is 7.43. The Hall–Kier alpha value is -2.35. The third-order valence-electron chi connectivity index (χ3n) is 5.32. The van der Waals surface area contributed by atoms with Gasteiger partial charge in [-0.3, -0.25) is 9.59 Å². The number of hydrogen-bond acceptors (Lipinski definition) is 2. The van der Waals surface area contributed by atoms with E-state index in [1.165, 1.54) is 6.07 Å². The van der Waals surface area contributed by atoms with Gasteiger partial charge in [0.25, 0.3) is 5.91 Å². The molecule has 1 heterocycles. The average molecular weight is 483 g/mol. The van der Waals surface area contributed by atoms with Crippen LogP contribution >= 0.6 is 15.9 Å². The van der Waals surface area contributed by atoms with Crippen LogP contribution in [0.15, 0.2) is 53.0 Å². The fourth-order valence-corrected chi connectivity index (χ4v) is 3.78. The monoisotopic (exact) mass is 482 g/mol. The fraction of sp³-hybridized carbons (Fsp3) is 0.364. The van der Waals surface area contributed by atoms with Crippen LogP contribution in [-0.4, -0.2) is 29.8 Å². The Morgan fingerprint density at radius 1 is 1.10 bits per heavy atom. The number of alkyl halides is 3. The Morgan fingerprint density at radius 3 is 2.33 bits per heavy atom. The molecule has 0 saturated carbocycles. The van der Waals surface area contributed by atoms with Crippen LogP contribution in [-0.2, 0) is 11.0 Å². The zero-order valence-electron chi connectivity index (χ0n) is 16.4. The number of amides is 2. The molecule has 0 spiro atoms. The summed E-state index contributed by atoms with van der Waals surface area (Å²) < 4.78 is 39.6. The predicted octanol–water partition coefficient (Wildman–Crippen LogP) is 5.20. The molecule has 2 aromatic rings. The lowest BCUT2D eigenvalue weighted by molar-refractivity contribution is -0.137. The molecule has 0 aliphatic carbocycles. The molecule has 8 heteroatoms. The van der Waals surface area contributed by atoms with Crippen molar-refractivity contribution in [1.29, 1.82) is 0 Å². The van der Waals surface area contributed by atoms with Crippen LogP contribution in [0.2, 0.25) is 0 Å². The van der Waals surface area contributed by atoms with Gasteiger partial charge in [-0.05, 0) is 61.7 Å². The van der Waals surface area contributed by atoms with E-state index in [0.29, 0.717) is 37.1 Å². The van der Waals surface area contributed by atoms with Crippen LogP contribution in [0, 0.1) is 5.92 Å². The maximum Gasteiger partial charge on any atom is 0.416 e. The van der Waals surface area contributed by atoms with Gasteiger partial charge in [0, 0.05) is 29.0 Å². The summed E-state index contributed by atoms with van der Waals surface area (Å²) in [5, 5.41) is 2.81. The molecule has 30 heavy (non-hydrogen) atoms. The lowest BCUT2D eigenvalue weighted by Gasteiger charge is -2.32. The standard InChI is InChI=1S/C22H22BrF3N2O2/c1-14(17-3-2-4-18(13-17)22(24,25)26)27-20(29)15-9-11-28(12-10-15)21(30)16-5-7-19(23)8-6-16/h2-8,13-15H,9-12H2,1H3,(H,27,29). The molecule has 1 saturated heterocycles. The van der Waals surface area contributed by atoms with Gasteiger partial charge in [0.1, 0.15) is 0 Å². The molecular weight excluding hydrogens is 461 g/mol. The topological polar surface area (TPSA) is 49.4 Å². The van der Waals surface area contributed by atoms with E-state index in [1.54, 1.807) is 30.0 Å². The van der Waals surface area contributed by atoms with Crippen molar-refractivity contribution in [1.82, 2.24) is 10.2 Å². The number of nitrogens with zero attached hydrogens (tertiary/aromatic N) is 1. The van der Waals surface area contributed by atoms with E-state index in [9.17, 15) is 22.8 Å². The number of hydrogen-bond donors (Lipinski definition) is 1. The zero-order valence-corrected chi connectivity index (χ0v) is 18.0. The van der Waals surface area contributed by atoms with Crippen LogP contribution in [0.3, 0.4) is 0 Å². The third kappa shape index (κ3) is 5.41. The highest BCUT2D eigenvalue weighted by atomic mass is 79.9. The van der Waals surface area contributed by atoms with Crippen molar-refractivity contribution in [2.45, 2.75) is 32.0 Å². The van der Waals surface area contributed by atoms with E-state index >= 15 is 0 Å². The Bertz CT molecular complexity index is 907. The number of halogens is 4. The zero-order chi connectivity index (χ0) is 21.9. The minimum Gasteiger partial charge on any atom is -0.349 e. The number of likely N-dealkylation sites (tertiary alicyclic amines) is 1. The lowest BCUT2D eigenvalue weighted by Crippen LogP contribution is -2.43. The second-order valence-corrected chi connectivity index (χ2v) is 8.34. The molecule has 0 aromatic heterocycles. The van der Waals surface area contributed by atoms with Gasteiger partial charge in [-0.1, -0.05) is 28.1 Å². The maximum atomic E-state index is 12.9. The van der Waals surface area contributed by atoms with Crippen molar-refractivity contribution in [2.75, 3.05) is 13.1 Å². The largest absolute Gasteiger partial charge is 0.416 e. The third-order valence-corrected chi connectivity index (χ3v) is 5.85. The minimum atomic E-state index is -4.42. The number of nitrogens with one attached hydrogen (secondary N) is 1. The summed E-state index contributed by atoms with van der Waals surface area (Å²) in [5.41, 5.74) is 0.265. The SMILES string of the molecule is CC(NC(=O)C1CCN(C(=O)c2ccc(Br)cc2)CC1)c1cccc(C(F)(F)F)c1. The summed E-state index contributed by atoms with van der Waals surface area (Å²) >= 11 is 3.34. The summed E-state index contributed by atoms with van der Waals surface area (Å²) in [5.74, 6) is -0.540. The Balaban J connectivity index is 1.55. The van der Waals surface area contributed by atoms with Gasteiger partial charge in [-0.2, -0.15) is 13.2 Å². The van der Waals surface area contributed by atoms with Crippen molar-refractivity contribution in [2.24, 2.45) is 5.92 Å². The first-order valence-corrected chi connectivity index (χ1v) is 10.5. The predicted molar refractivity (Wildman–Crippen MR) is 111 cm³/mol. The first-order valence-electron chi connectivity index (χ1n) is 9.67. The van der Waals surface area contributed by atoms with Gasteiger partial charge >= 0.3 is 6.18 Å². The summed E-state index contributed by atoms with van der Waals surface area (Å²) in [7, 11) is 0. The molecule has 1 unspecified atom stereocenters. The van der Waals surface area contributed by atoms with Gasteiger partial charge < -0.3 is 10.2 Å². The smallest absolute Gasteiger partial charge is 0.349 e. The van der Waals surface area contributed by atoms with Gasteiger partial charge in [-0.25, -0.2) is 0 Å². The van der Waals surface area contributed by atoms with E-state index < -0.39 is 17.8 Å². The number of rotatable bonds is 4. The van der Waals surface area contributed by atoms with Gasteiger partial charge in [0.2, 0.25) is 5.91 Å². The Morgan fingerprint density at radius 2 is 1.73 bits per heavy atom. The molecule has 160 valence electrons. The molecule has 1 fully saturated rings. The molecule has 1 aliphatic heterocycles. The molecule has 3 rings (SSSR count). The first kappa shape index (κ1) is 22.3. The molecule has 2 amide bonds. The Kier molecular flexibility index (Phi) is 6.85. The van der Waals surface area contributed by atoms with Crippen molar-refractivity contribution in [3.05, 3.63) is 69.7 Å². The van der Waals surface area contributed by atoms with Crippen LogP contribution < -0.4 is 5.32 Å². The van der Waals surface area contributed by atoms with Crippen LogP contribution in [0.25, 0.3) is 0 Å². The number of benzene rings is 2. The van der Waals surface area contributed by atoms with Crippen molar-refractivity contribution in [3.8, 4) is 0 Å². The molecule has 0 radical (unpaired) electrons. The Labute approximate surface area is 181 Å². The molecule has 1 atom stereocenters. The van der Waals surface area contributed by atoms with Crippen LogP contribution in [0.5, 0.6) is 0 Å². The van der Waals surface area contributed by atoms with Gasteiger partial charge in [0.15, 0.2) is 0 Å². The fourth-order valence-electron chi connectivity index (χ4n) is 3.52. The average Bonchev–Trinajstić information content (AvgIpc) is 2.73. The van der Waals surface area contributed by atoms with Gasteiger partial charge in [-0.15, -0.1) is 0 Å². The molecule has 1 N–H and O–H groups in total. The van der Waals surface area contributed by atoms with Crippen LogP contribution in [0.1, 0.15) is 47.3 Å². The number of carbonyl (C=O) groups is 2. The van der Waals surface area contributed by atoms with E-state index in [1.807, 2.05) is 12.1 Å². The second kappa shape index (κ2) is 9.20. The van der Waals surface area contributed by atoms with E-state index in [0.717, 1.165) is 16.6 Å². The molecular formula is C22H22BrF3N2O2. The van der Waals surface area contributed by atoms with Gasteiger partial charge in [0.05, 0.1) is 11.6 Å². The number of carbonyl (C=O) groups excluding carboxylic acids is 2. The molecule has 2 aromatic carbocycles. The maximum absolute atomic E-state index is 12.9. The highest BCUT2D eigenvalue weighted by molar-refractivity contribution is 9.10. The number of piperidine rings is 1. The lowest BCUT2D eigenvalue weighted by atomic mass is 9.94. The van der Waals surface area contributed by atoms with E-state index in [2.05, 4.69) is 21.2 Å². The van der Waals surface area contributed by atoms with Crippen molar-refractivity contribution in [3.63, 3.8) is 0 Å². The minimum absolute atomic E-state index is 0.0707. The summed E-state index contributed by atoms with van der Waals surface area (Å²) in [6, 6.07) is 11.6. The highest BCUT2D eigenvalue weighted by Crippen LogP contribution is 2.31. The van der Waals surface area contributed by atoms with E-state index in [-0.39, 0.29) is 17.7 Å². The van der Waals surface area contributed by atoms with Crippen LogP contribution in [0.4, 0.5) is 13.2 Å². The first-order chi connectivity index (χ1) is 14.1. The quantitative estimate of drug-likeness (QED) is 0.651. The molecule has 0 bridgehead atoms. The van der Waals surface area contributed by atoms with E-state index in [4.69, 9.17) is 0 Å². The molecule has 1 aliphatic rings.